The van der Waals surface area contributed by atoms with E-state index in [-0.39, 0.29) is 0 Å². The molecule has 114 valence electrons. The highest BCUT2D eigenvalue weighted by Gasteiger charge is 2.77. The predicted molar refractivity (Wildman–Crippen MR) is 38.2 cm³/mol. The first kappa shape index (κ1) is 18.0. The van der Waals surface area contributed by atoms with Crippen LogP contribution in [0.1, 0.15) is 0 Å². The molecule has 0 aliphatic heterocycles. The van der Waals surface area contributed by atoms with Crippen molar-refractivity contribution in [2.24, 2.45) is 0 Å². The Hall–Kier alpha value is -1.04. The lowest BCUT2D eigenvalue weighted by atomic mass is 10.2. The topological polar surface area (TPSA) is 18.5 Å². The Bertz CT molecular complexity index is 337. The summed E-state index contributed by atoms with van der Waals surface area (Å²) < 4.78 is 127. The van der Waals surface area contributed by atoms with Crippen LogP contribution in [-0.2, 0) is 9.47 Å². The zero-order valence-corrected chi connectivity index (χ0v) is 8.51. The maximum Gasteiger partial charge on any atom is 0.458 e. The molecule has 1 unspecified atom stereocenters. The van der Waals surface area contributed by atoms with Gasteiger partial charge in [0.15, 0.2) is 12.7 Å². The summed E-state index contributed by atoms with van der Waals surface area (Å²) in [4.78, 5) is 0. The highest BCUT2D eigenvalue weighted by Crippen LogP contribution is 2.50. The van der Waals surface area contributed by atoms with Gasteiger partial charge in [0.25, 0.3) is 0 Å². The van der Waals surface area contributed by atoms with Crippen LogP contribution in [0.25, 0.3) is 0 Å². The average Bonchev–Trinajstić information content (AvgIpc) is 2.14. The molecular weight excluding hydrogens is 306 g/mol. The van der Waals surface area contributed by atoms with E-state index < -0.39 is 36.9 Å². The first-order valence-electron chi connectivity index (χ1n) is 3.97. The standard InChI is InChI=1S/C7H4F10O2/c1-3(9)4(10,11)19-5(12,6(13,14)15)7(16,17)18-2-8/h1-2H2. The van der Waals surface area contributed by atoms with Gasteiger partial charge in [-0.3, -0.25) is 9.47 Å². The van der Waals surface area contributed by atoms with Gasteiger partial charge in [-0.25, -0.2) is 8.78 Å². The van der Waals surface area contributed by atoms with Gasteiger partial charge in [-0.2, -0.15) is 35.1 Å². The first-order valence-corrected chi connectivity index (χ1v) is 3.97. The van der Waals surface area contributed by atoms with E-state index in [1.165, 1.54) is 0 Å². The van der Waals surface area contributed by atoms with Crippen molar-refractivity contribution in [1.29, 1.82) is 0 Å². The highest BCUT2D eigenvalue weighted by molar-refractivity contribution is 4.96. The van der Waals surface area contributed by atoms with Crippen molar-refractivity contribution in [3.63, 3.8) is 0 Å². The SMILES string of the molecule is C=C(F)C(F)(F)OC(F)(C(F)(F)F)C(F)(F)OCF. The lowest BCUT2D eigenvalue weighted by molar-refractivity contribution is -0.498. The number of hydrogen-bond acceptors (Lipinski definition) is 2. The Morgan fingerprint density at radius 2 is 1.37 bits per heavy atom. The van der Waals surface area contributed by atoms with Gasteiger partial charge in [-0.15, -0.1) is 0 Å². The zero-order valence-electron chi connectivity index (χ0n) is 8.51. The third-order valence-corrected chi connectivity index (χ3v) is 1.56. The smallest absolute Gasteiger partial charge is 0.284 e. The van der Waals surface area contributed by atoms with Crippen molar-refractivity contribution in [2.75, 3.05) is 6.86 Å². The van der Waals surface area contributed by atoms with Crippen LogP contribution in [0.5, 0.6) is 0 Å². The largest absolute Gasteiger partial charge is 0.458 e. The Balaban J connectivity index is 5.64. The van der Waals surface area contributed by atoms with E-state index >= 15 is 0 Å². The molecular formula is C7H4F10O2. The highest BCUT2D eigenvalue weighted by atomic mass is 19.4. The first-order chi connectivity index (χ1) is 8.21. The number of hydrogen-bond donors (Lipinski definition) is 0. The summed E-state index contributed by atoms with van der Waals surface area (Å²) in [6.45, 7) is -0.867. The molecule has 0 aliphatic rings. The molecule has 0 spiro atoms. The lowest BCUT2D eigenvalue weighted by Crippen LogP contribution is -2.61. The molecule has 0 aromatic carbocycles. The molecule has 0 saturated carbocycles. The minimum atomic E-state index is -6.79. The molecule has 19 heavy (non-hydrogen) atoms. The molecule has 0 heterocycles. The van der Waals surface area contributed by atoms with Gasteiger partial charge in [0.1, 0.15) is 0 Å². The molecule has 0 saturated heterocycles. The lowest BCUT2D eigenvalue weighted by Gasteiger charge is -2.34. The molecule has 0 fully saturated rings. The Kier molecular flexibility index (Phi) is 4.87. The molecule has 0 amide bonds. The van der Waals surface area contributed by atoms with Crippen LogP contribution in [0.4, 0.5) is 43.9 Å². The molecule has 0 radical (unpaired) electrons. The number of halogens is 10. The van der Waals surface area contributed by atoms with E-state index in [0.717, 1.165) is 0 Å². The van der Waals surface area contributed by atoms with Crippen molar-refractivity contribution in [1.82, 2.24) is 0 Å². The van der Waals surface area contributed by atoms with Crippen molar-refractivity contribution < 1.29 is 53.4 Å². The summed E-state index contributed by atoms with van der Waals surface area (Å²) in [7, 11) is 0. The summed E-state index contributed by atoms with van der Waals surface area (Å²) in [6.07, 6.45) is -18.7. The van der Waals surface area contributed by atoms with Crippen molar-refractivity contribution in [3.05, 3.63) is 12.4 Å². The maximum absolute atomic E-state index is 13.0. The maximum atomic E-state index is 13.0. The van der Waals surface area contributed by atoms with Gasteiger partial charge in [0, 0.05) is 0 Å². The Morgan fingerprint density at radius 1 is 0.947 bits per heavy atom. The van der Waals surface area contributed by atoms with Gasteiger partial charge in [0.05, 0.1) is 0 Å². The van der Waals surface area contributed by atoms with Crippen LogP contribution in [0.3, 0.4) is 0 Å². The Morgan fingerprint density at radius 3 is 1.63 bits per heavy atom. The third-order valence-electron chi connectivity index (χ3n) is 1.56. The van der Waals surface area contributed by atoms with Gasteiger partial charge >= 0.3 is 24.2 Å². The summed E-state index contributed by atoms with van der Waals surface area (Å²) >= 11 is 0. The van der Waals surface area contributed by atoms with Crippen molar-refractivity contribution >= 4 is 0 Å². The normalized spacial score (nSPS) is 17.2. The number of alkyl halides is 9. The molecule has 0 bridgehead atoms. The average molecular weight is 310 g/mol. The summed E-state index contributed by atoms with van der Waals surface area (Å²) in [5, 5.41) is 0. The van der Waals surface area contributed by atoms with Crippen LogP contribution in [-0.4, -0.2) is 31.1 Å². The van der Waals surface area contributed by atoms with Gasteiger partial charge in [-0.1, -0.05) is 6.58 Å². The molecule has 0 aromatic heterocycles. The second kappa shape index (κ2) is 5.15. The third kappa shape index (κ3) is 3.49. The Labute approximate surface area is 98.1 Å². The molecule has 0 aromatic rings. The summed E-state index contributed by atoms with van der Waals surface area (Å²) in [5.74, 6) is -9.47. The summed E-state index contributed by atoms with van der Waals surface area (Å²) in [5.41, 5.74) is 0. The van der Waals surface area contributed by atoms with E-state index in [1.807, 2.05) is 0 Å². The molecule has 1 atom stereocenters. The van der Waals surface area contributed by atoms with E-state index in [9.17, 15) is 43.9 Å². The van der Waals surface area contributed by atoms with E-state index in [4.69, 9.17) is 0 Å². The second-order valence-electron chi connectivity index (χ2n) is 2.89. The number of ether oxygens (including phenoxy) is 2. The molecule has 12 heteroatoms. The van der Waals surface area contributed by atoms with Crippen LogP contribution in [0, 0.1) is 0 Å². The van der Waals surface area contributed by atoms with Crippen LogP contribution < -0.4 is 0 Å². The van der Waals surface area contributed by atoms with Crippen LogP contribution in [0.15, 0.2) is 12.4 Å². The van der Waals surface area contributed by atoms with Gasteiger partial charge < -0.3 is 0 Å². The minimum Gasteiger partial charge on any atom is -0.284 e. The van der Waals surface area contributed by atoms with E-state index in [2.05, 4.69) is 9.47 Å². The molecule has 0 rings (SSSR count). The minimum absolute atomic E-state index is 1.79. The quantitative estimate of drug-likeness (QED) is 0.694. The van der Waals surface area contributed by atoms with E-state index in [0.29, 0.717) is 0 Å². The van der Waals surface area contributed by atoms with Gasteiger partial charge in [-0.05, 0) is 0 Å². The summed E-state index contributed by atoms with van der Waals surface area (Å²) in [6, 6.07) is 0. The zero-order chi connectivity index (χ0) is 15.7. The second-order valence-corrected chi connectivity index (χ2v) is 2.89. The molecule has 2 nitrogen and oxygen atoms in total. The monoisotopic (exact) mass is 310 g/mol. The fraction of sp³-hybridized carbons (Fsp3) is 0.714. The van der Waals surface area contributed by atoms with Crippen LogP contribution >= 0.6 is 0 Å². The fourth-order valence-corrected chi connectivity index (χ4v) is 0.676. The van der Waals surface area contributed by atoms with Crippen molar-refractivity contribution in [2.45, 2.75) is 24.2 Å². The van der Waals surface area contributed by atoms with Crippen LogP contribution in [0.2, 0.25) is 0 Å². The molecule has 0 aliphatic carbocycles. The predicted octanol–water partition coefficient (Wildman–Crippen LogP) is 3.84. The van der Waals surface area contributed by atoms with Crippen molar-refractivity contribution in [3.8, 4) is 0 Å². The van der Waals surface area contributed by atoms with E-state index in [1.54, 1.807) is 6.58 Å². The van der Waals surface area contributed by atoms with Gasteiger partial charge in [0.2, 0.25) is 0 Å². The fourth-order valence-electron chi connectivity index (χ4n) is 0.676. The molecule has 0 N–H and O–H groups in total. The number of rotatable bonds is 6.